The first-order valence-electron chi connectivity index (χ1n) is 11.5. The molecule has 0 radical (unpaired) electrons. The van der Waals surface area contributed by atoms with Crippen molar-refractivity contribution in [1.29, 1.82) is 0 Å². The van der Waals surface area contributed by atoms with Crippen LogP contribution in [0.15, 0.2) is 61.2 Å². The summed E-state index contributed by atoms with van der Waals surface area (Å²) in [7, 11) is 1.59. The number of methoxy groups -OCH3 is 1. The number of ether oxygens (including phenoxy) is 4. The summed E-state index contributed by atoms with van der Waals surface area (Å²) in [5.74, 6) is 1.16. The van der Waals surface area contributed by atoms with E-state index in [1.165, 1.54) is 25.3 Å². The van der Waals surface area contributed by atoms with Crippen LogP contribution in [-0.2, 0) is 9.53 Å². The van der Waals surface area contributed by atoms with Crippen molar-refractivity contribution in [3.63, 3.8) is 0 Å². The lowest BCUT2D eigenvalue weighted by Crippen LogP contribution is -2.08. The van der Waals surface area contributed by atoms with E-state index in [2.05, 4.69) is 6.58 Å². The second-order valence-electron chi connectivity index (χ2n) is 7.64. The topological polar surface area (TPSA) is 71.1 Å². The van der Waals surface area contributed by atoms with E-state index in [1.54, 1.807) is 55.6 Å². The molecule has 0 unspecified atom stereocenters. The number of benzene rings is 2. The molecule has 0 fully saturated rings. The fourth-order valence-electron chi connectivity index (χ4n) is 3.18. The minimum atomic E-state index is -0.413. The average Bonchev–Trinajstić information content (AvgIpc) is 2.85. The van der Waals surface area contributed by atoms with Gasteiger partial charge < -0.3 is 18.9 Å². The van der Waals surface area contributed by atoms with Gasteiger partial charge in [0.2, 0.25) is 0 Å². The zero-order chi connectivity index (χ0) is 23.7. The Bertz CT molecular complexity index is 842. The maximum absolute atomic E-state index is 12.3. The smallest absolute Gasteiger partial charge is 0.343 e. The van der Waals surface area contributed by atoms with Crippen molar-refractivity contribution >= 4 is 11.9 Å². The van der Waals surface area contributed by atoms with E-state index in [0.717, 1.165) is 37.9 Å². The number of unbranched alkanes of at least 4 members (excludes halogenated alkanes) is 7. The number of carbonyl (C=O) groups is 2. The van der Waals surface area contributed by atoms with Crippen LogP contribution in [-0.4, -0.2) is 32.3 Å². The molecule has 0 spiro atoms. The van der Waals surface area contributed by atoms with Crippen molar-refractivity contribution in [2.75, 3.05) is 20.3 Å². The molecule has 2 aromatic rings. The molecule has 0 bridgehead atoms. The van der Waals surface area contributed by atoms with Crippen molar-refractivity contribution in [3.8, 4) is 17.2 Å². The Morgan fingerprint density at radius 1 is 0.727 bits per heavy atom. The van der Waals surface area contributed by atoms with Crippen LogP contribution in [0.5, 0.6) is 17.2 Å². The molecule has 2 rings (SSSR count). The van der Waals surface area contributed by atoms with Crippen LogP contribution in [0.1, 0.15) is 61.7 Å². The summed E-state index contributed by atoms with van der Waals surface area (Å²) in [5, 5.41) is 0. The van der Waals surface area contributed by atoms with Gasteiger partial charge in [0, 0.05) is 6.08 Å². The summed E-state index contributed by atoms with van der Waals surface area (Å²) < 4.78 is 21.2. The number of rotatable bonds is 16. The SMILES string of the molecule is C=CC(=O)OCCCCCCCCCCOc1ccc(C(=O)Oc2ccc(OC)cc2)cc1. The molecule has 6 heteroatoms. The van der Waals surface area contributed by atoms with Gasteiger partial charge in [-0.1, -0.05) is 45.1 Å². The Hall–Kier alpha value is -3.28. The molecular weight excluding hydrogens is 420 g/mol. The van der Waals surface area contributed by atoms with Gasteiger partial charge in [-0.2, -0.15) is 0 Å². The van der Waals surface area contributed by atoms with E-state index in [9.17, 15) is 9.59 Å². The van der Waals surface area contributed by atoms with Gasteiger partial charge in [0.1, 0.15) is 17.2 Å². The minimum absolute atomic E-state index is 0.347. The minimum Gasteiger partial charge on any atom is -0.497 e. The molecule has 0 aliphatic heterocycles. The molecule has 6 nitrogen and oxygen atoms in total. The zero-order valence-electron chi connectivity index (χ0n) is 19.4. The summed E-state index contributed by atoms with van der Waals surface area (Å²) in [6.45, 7) is 4.51. The Morgan fingerprint density at radius 3 is 1.82 bits per heavy atom. The van der Waals surface area contributed by atoms with Crippen molar-refractivity contribution < 1.29 is 28.5 Å². The largest absolute Gasteiger partial charge is 0.497 e. The Kier molecular flexibility index (Phi) is 12.2. The fourth-order valence-corrected chi connectivity index (χ4v) is 3.18. The van der Waals surface area contributed by atoms with Crippen LogP contribution in [0.3, 0.4) is 0 Å². The highest BCUT2D eigenvalue weighted by atomic mass is 16.5. The van der Waals surface area contributed by atoms with Gasteiger partial charge in [-0.15, -0.1) is 0 Å². The van der Waals surface area contributed by atoms with Crippen LogP contribution < -0.4 is 14.2 Å². The van der Waals surface area contributed by atoms with Gasteiger partial charge in [-0.3, -0.25) is 0 Å². The molecule has 0 heterocycles. The van der Waals surface area contributed by atoms with Crippen LogP contribution in [0.25, 0.3) is 0 Å². The monoisotopic (exact) mass is 454 g/mol. The third-order valence-corrected chi connectivity index (χ3v) is 5.08. The Balaban J connectivity index is 1.51. The molecule has 0 saturated carbocycles. The van der Waals surface area contributed by atoms with Crippen molar-refractivity contribution in [3.05, 3.63) is 66.7 Å². The summed E-state index contributed by atoms with van der Waals surface area (Å²) in [5.41, 5.74) is 0.469. The molecule has 0 N–H and O–H groups in total. The fraction of sp³-hybridized carbons (Fsp3) is 0.407. The summed E-state index contributed by atoms with van der Waals surface area (Å²) in [6, 6.07) is 13.9. The van der Waals surface area contributed by atoms with Crippen molar-refractivity contribution in [2.24, 2.45) is 0 Å². The number of esters is 2. The quantitative estimate of drug-likeness (QED) is 0.131. The molecule has 0 saturated heterocycles. The Labute approximate surface area is 196 Å². The molecule has 2 aromatic carbocycles. The Morgan fingerprint density at radius 2 is 1.24 bits per heavy atom. The second kappa shape index (κ2) is 15.5. The highest BCUT2D eigenvalue weighted by molar-refractivity contribution is 5.91. The van der Waals surface area contributed by atoms with E-state index >= 15 is 0 Å². The highest BCUT2D eigenvalue weighted by Crippen LogP contribution is 2.19. The zero-order valence-corrected chi connectivity index (χ0v) is 19.4. The lowest BCUT2D eigenvalue weighted by molar-refractivity contribution is -0.137. The number of hydrogen-bond donors (Lipinski definition) is 0. The molecule has 178 valence electrons. The van der Waals surface area contributed by atoms with E-state index in [1.807, 2.05) is 0 Å². The normalized spacial score (nSPS) is 10.3. The first-order valence-corrected chi connectivity index (χ1v) is 11.5. The summed E-state index contributed by atoms with van der Waals surface area (Å²) in [4.78, 5) is 23.2. The molecule has 0 amide bonds. The third kappa shape index (κ3) is 10.7. The lowest BCUT2D eigenvalue weighted by Gasteiger charge is -2.08. The first kappa shape index (κ1) is 26.0. The maximum Gasteiger partial charge on any atom is 0.343 e. The molecule has 33 heavy (non-hydrogen) atoms. The van der Waals surface area contributed by atoms with Gasteiger partial charge in [-0.25, -0.2) is 9.59 Å². The van der Waals surface area contributed by atoms with E-state index < -0.39 is 5.97 Å². The van der Waals surface area contributed by atoms with Gasteiger partial charge in [0.25, 0.3) is 0 Å². The summed E-state index contributed by atoms with van der Waals surface area (Å²) in [6.07, 6.45) is 10.1. The van der Waals surface area contributed by atoms with E-state index in [4.69, 9.17) is 18.9 Å². The third-order valence-electron chi connectivity index (χ3n) is 5.08. The van der Waals surface area contributed by atoms with Gasteiger partial charge in [0.05, 0.1) is 25.9 Å². The van der Waals surface area contributed by atoms with Crippen molar-refractivity contribution in [2.45, 2.75) is 51.4 Å². The van der Waals surface area contributed by atoms with E-state index in [0.29, 0.717) is 30.3 Å². The highest BCUT2D eigenvalue weighted by Gasteiger charge is 2.09. The molecular formula is C27H34O6. The average molecular weight is 455 g/mol. The van der Waals surface area contributed by atoms with Crippen LogP contribution in [0.2, 0.25) is 0 Å². The predicted molar refractivity (Wildman–Crippen MR) is 128 cm³/mol. The number of carbonyl (C=O) groups excluding carboxylic acids is 2. The van der Waals surface area contributed by atoms with Crippen LogP contribution in [0, 0.1) is 0 Å². The molecule has 0 aliphatic carbocycles. The first-order chi connectivity index (χ1) is 16.1. The summed E-state index contributed by atoms with van der Waals surface area (Å²) >= 11 is 0. The van der Waals surface area contributed by atoms with Crippen molar-refractivity contribution in [1.82, 2.24) is 0 Å². The maximum atomic E-state index is 12.3. The van der Waals surface area contributed by atoms with Crippen LogP contribution in [0.4, 0.5) is 0 Å². The molecule has 0 aromatic heterocycles. The second-order valence-corrected chi connectivity index (χ2v) is 7.64. The molecule has 0 atom stereocenters. The lowest BCUT2D eigenvalue weighted by atomic mass is 10.1. The standard InChI is InChI=1S/C27H34O6/c1-3-26(28)32-21-11-9-7-5-4-6-8-10-20-31-24-14-12-22(13-15-24)27(29)33-25-18-16-23(30-2)17-19-25/h3,12-19H,1,4-11,20-21H2,2H3. The van der Waals surface area contributed by atoms with E-state index in [-0.39, 0.29) is 5.97 Å². The molecule has 0 aliphatic rings. The van der Waals surface area contributed by atoms with Crippen LogP contribution >= 0.6 is 0 Å². The van der Waals surface area contributed by atoms with Gasteiger partial charge >= 0.3 is 11.9 Å². The predicted octanol–water partition coefficient (Wildman–Crippen LogP) is 6.14. The van der Waals surface area contributed by atoms with Gasteiger partial charge in [0.15, 0.2) is 0 Å². The number of hydrogen-bond acceptors (Lipinski definition) is 6. The van der Waals surface area contributed by atoms with Gasteiger partial charge in [-0.05, 0) is 61.4 Å².